The molecule has 104 valence electrons. The highest BCUT2D eigenvalue weighted by Gasteiger charge is 2.23. The second kappa shape index (κ2) is 6.66. The van der Waals surface area contributed by atoms with Crippen LogP contribution < -0.4 is 5.32 Å². The molecule has 0 radical (unpaired) electrons. The summed E-state index contributed by atoms with van der Waals surface area (Å²) >= 11 is 0. The van der Waals surface area contributed by atoms with Crippen molar-refractivity contribution in [3.63, 3.8) is 0 Å². The molecule has 1 N–H and O–H groups in total. The number of halogens is 1. The summed E-state index contributed by atoms with van der Waals surface area (Å²) < 4.78 is 13.1. The van der Waals surface area contributed by atoms with E-state index >= 15 is 0 Å². The summed E-state index contributed by atoms with van der Waals surface area (Å²) in [6.07, 6.45) is 2.44. The van der Waals surface area contributed by atoms with E-state index in [9.17, 15) is 9.18 Å². The van der Waals surface area contributed by atoms with Crippen LogP contribution in [-0.4, -0.2) is 36.5 Å². The van der Waals surface area contributed by atoms with Crippen molar-refractivity contribution in [2.75, 3.05) is 19.6 Å². The second-order valence-electron chi connectivity index (χ2n) is 4.99. The molecule has 0 bridgehead atoms. The summed E-state index contributed by atoms with van der Waals surface area (Å²) in [5.41, 5.74) is 0.743. The average Bonchev–Trinajstić information content (AvgIpc) is 2.41. The first-order chi connectivity index (χ1) is 9.20. The molecule has 0 aliphatic carbocycles. The van der Waals surface area contributed by atoms with Crippen molar-refractivity contribution in [2.45, 2.75) is 32.2 Å². The van der Waals surface area contributed by atoms with Gasteiger partial charge in [-0.15, -0.1) is 0 Å². The van der Waals surface area contributed by atoms with Crippen molar-refractivity contribution in [3.8, 4) is 0 Å². The third-order valence-corrected chi connectivity index (χ3v) is 3.62. The Morgan fingerprint density at radius 3 is 3.00 bits per heavy atom. The van der Waals surface area contributed by atoms with Crippen LogP contribution in [0.25, 0.3) is 0 Å². The predicted molar refractivity (Wildman–Crippen MR) is 73.4 cm³/mol. The molecule has 1 aromatic rings. The molecule has 1 aliphatic heterocycles. The molecule has 1 fully saturated rings. The van der Waals surface area contributed by atoms with Crippen LogP contribution in [0.2, 0.25) is 0 Å². The van der Waals surface area contributed by atoms with Crippen molar-refractivity contribution in [1.82, 2.24) is 10.2 Å². The molecule has 1 aliphatic rings. The minimum Gasteiger partial charge on any atom is -0.338 e. The quantitative estimate of drug-likeness (QED) is 0.901. The lowest BCUT2D eigenvalue weighted by Gasteiger charge is -2.34. The van der Waals surface area contributed by atoms with Gasteiger partial charge in [0.25, 0.3) is 0 Å². The number of piperidine rings is 1. The Bertz CT molecular complexity index is 430. The highest BCUT2D eigenvalue weighted by molar-refractivity contribution is 5.79. The fourth-order valence-electron chi connectivity index (χ4n) is 2.66. The summed E-state index contributed by atoms with van der Waals surface area (Å²) in [6.45, 7) is 4.60. The maximum Gasteiger partial charge on any atom is 0.227 e. The molecule has 19 heavy (non-hydrogen) atoms. The Hall–Kier alpha value is -1.42. The van der Waals surface area contributed by atoms with Gasteiger partial charge in [0.1, 0.15) is 5.82 Å². The standard InChI is InChI=1S/C15H21FN2O/c1-2-18(14-7-4-8-17-11-14)15(19)10-12-5-3-6-13(16)9-12/h3,5-6,9,14,17H,2,4,7-8,10-11H2,1H3. The number of nitrogens with zero attached hydrogens (tertiary/aromatic N) is 1. The molecule has 1 saturated heterocycles. The van der Waals surface area contributed by atoms with Gasteiger partial charge in [0.05, 0.1) is 6.42 Å². The highest BCUT2D eigenvalue weighted by Crippen LogP contribution is 2.13. The van der Waals surface area contributed by atoms with Crippen LogP contribution in [0.3, 0.4) is 0 Å². The maximum atomic E-state index is 13.1. The summed E-state index contributed by atoms with van der Waals surface area (Å²) in [6, 6.07) is 6.56. The molecule has 2 rings (SSSR count). The molecule has 1 aromatic carbocycles. The van der Waals surface area contributed by atoms with Gasteiger partial charge >= 0.3 is 0 Å². The minimum absolute atomic E-state index is 0.0850. The Kier molecular flexibility index (Phi) is 4.91. The van der Waals surface area contributed by atoms with E-state index in [4.69, 9.17) is 0 Å². The van der Waals surface area contributed by atoms with Gasteiger partial charge < -0.3 is 10.2 Å². The van der Waals surface area contributed by atoms with Crippen LogP contribution >= 0.6 is 0 Å². The van der Waals surface area contributed by atoms with E-state index in [1.54, 1.807) is 12.1 Å². The number of benzene rings is 1. The monoisotopic (exact) mass is 264 g/mol. The molecule has 0 saturated carbocycles. The second-order valence-corrected chi connectivity index (χ2v) is 4.99. The zero-order valence-electron chi connectivity index (χ0n) is 11.4. The van der Waals surface area contributed by atoms with E-state index in [2.05, 4.69) is 5.32 Å². The number of nitrogens with one attached hydrogen (secondary N) is 1. The van der Waals surface area contributed by atoms with Gasteiger partial charge in [-0.25, -0.2) is 4.39 Å². The van der Waals surface area contributed by atoms with Crippen LogP contribution in [0, 0.1) is 5.82 Å². The molecule has 0 spiro atoms. The molecule has 0 aromatic heterocycles. The number of amides is 1. The Morgan fingerprint density at radius 1 is 1.53 bits per heavy atom. The first-order valence-electron chi connectivity index (χ1n) is 6.95. The number of likely N-dealkylation sites (N-methyl/N-ethyl adjacent to an activating group) is 1. The molecule has 1 amide bonds. The fraction of sp³-hybridized carbons (Fsp3) is 0.533. The van der Waals surface area contributed by atoms with Crippen LogP contribution in [0.5, 0.6) is 0 Å². The molecule has 3 nitrogen and oxygen atoms in total. The first-order valence-corrected chi connectivity index (χ1v) is 6.95. The molecular weight excluding hydrogens is 243 g/mol. The van der Waals surface area contributed by atoms with E-state index in [1.165, 1.54) is 12.1 Å². The summed E-state index contributed by atoms with van der Waals surface area (Å²) in [4.78, 5) is 14.2. The van der Waals surface area contributed by atoms with Crippen LogP contribution in [0.4, 0.5) is 4.39 Å². The third kappa shape index (κ3) is 3.77. The van der Waals surface area contributed by atoms with Gasteiger partial charge in [0.2, 0.25) is 5.91 Å². The van der Waals surface area contributed by atoms with Crippen LogP contribution in [0.15, 0.2) is 24.3 Å². The van der Waals surface area contributed by atoms with Crippen LogP contribution in [0.1, 0.15) is 25.3 Å². The van der Waals surface area contributed by atoms with Crippen molar-refractivity contribution in [1.29, 1.82) is 0 Å². The summed E-state index contributed by atoms with van der Waals surface area (Å²) in [5.74, 6) is -0.200. The largest absolute Gasteiger partial charge is 0.338 e. The number of carbonyl (C=O) groups excluding carboxylic acids is 1. The first kappa shape index (κ1) is 14.0. The number of hydrogen-bond acceptors (Lipinski definition) is 2. The molecular formula is C15H21FN2O. The number of carbonyl (C=O) groups is 1. The molecule has 4 heteroatoms. The van der Waals surface area contributed by atoms with Crippen molar-refractivity contribution in [2.24, 2.45) is 0 Å². The smallest absolute Gasteiger partial charge is 0.227 e. The zero-order valence-corrected chi connectivity index (χ0v) is 11.4. The van der Waals surface area contributed by atoms with Crippen LogP contribution in [-0.2, 0) is 11.2 Å². The van der Waals surface area contributed by atoms with E-state index in [0.29, 0.717) is 6.54 Å². The lowest BCUT2D eigenvalue weighted by atomic mass is 10.0. The van der Waals surface area contributed by atoms with Gasteiger partial charge in [0, 0.05) is 19.1 Å². The van der Waals surface area contributed by atoms with Gasteiger partial charge in [-0.05, 0) is 44.0 Å². The predicted octanol–water partition coefficient (Wildman–Crippen LogP) is 1.97. The minimum atomic E-state index is -0.285. The van der Waals surface area contributed by atoms with E-state index in [-0.39, 0.29) is 24.2 Å². The highest BCUT2D eigenvalue weighted by atomic mass is 19.1. The topological polar surface area (TPSA) is 32.3 Å². The normalized spacial score (nSPS) is 19.2. The van der Waals surface area contributed by atoms with Gasteiger partial charge in [-0.3, -0.25) is 4.79 Å². The molecule has 1 unspecified atom stereocenters. The van der Waals surface area contributed by atoms with Crippen molar-refractivity contribution >= 4 is 5.91 Å². The van der Waals surface area contributed by atoms with Crippen molar-refractivity contribution in [3.05, 3.63) is 35.6 Å². The number of hydrogen-bond donors (Lipinski definition) is 1. The zero-order chi connectivity index (χ0) is 13.7. The average molecular weight is 264 g/mol. The lowest BCUT2D eigenvalue weighted by Crippen LogP contribution is -2.49. The van der Waals surface area contributed by atoms with Gasteiger partial charge in [-0.1, -0.05) is 12.1 Å². The Balaban J connectivity index is 2.00. The summed E-state index contributed by atoms with van der Waals surface area (Å²) in [7, 11) is 0. The molecule has 1 heterocycles. The summed E-state index contributed by atoms with van der Waals surface area (Å²) in [5, 5.41) is 3.32. The lowest BCUT2D eigenvalue weighted by molar-refractivity contribution is -0.132. The SMILES string of the molecule is CCN(C(=O)Cc1cccc(F)c1)C1CCCNC1. The van der Waals surface area contributed by atoms with Crippen molar-refractivity contribution < 1.29 is 9.18 Å². The number of rotatable bonds is 4. The van der Waals surface area contributed by atoms with E-state index in [0.717, 1.165) is 31.5 Å². The fourth-order valence-corrected chi connectivity index (χ4v) is 2.66. The maximum absolute atomic E-state index is 13.1. The molecule has 1 atom stereocenters. The Labute approximate surface area is 113 Å². The van der Waals surface area contributed by atoms with Gasteiger partial charge in [-0.2, -0.15) is 0 Å². The Morgan fingerprint density at radius 2 is 2.37 bits per heavy atom. The third-order valence-electron chi connectivity index (χ3n) is 3.62. The van der Waals surface area contributed by atoms with E-state index < -0.39 is 0 Å². The van der Waals surface area contributed by atoms with Gasteiger partial charge in [0.15, 0.2) is 0 Å². The van der Waals surface area contributed by atoms with E-state index in [1.807, 2.05) is 11.8 Å².